The van der Waals surface area contributed by atoms with Crippen molar-refractivity contribution in [2.24, 2.45) is 0 Å². The van der Waals surface area contributed by atoms with Crippen LogP contribution < -0.4 is 10.1 Å². The third kappa shape index (κ3) is 7.52. The van der Waals surface area contributed by atoms with E-state index in [4.69, 9.17) is 9.47 Å². The molecular weight excluding hydrogens is 494 g/mol. The highest BCUT2D eigenvalue weighted by Crippen LogP contribution is 2.33. The number of methoxy groups -OCH3 is 1. The summed E-state index contributed by atoms with van der Waals surface area (Å²) in [4.78, 5) is 15.2. The molecule has 10 heteroatoms. The van der Waals surface area contributed by atoms with Crippen LogP contribution in [0.3, 0.4) is 0 Å². The summed E-state index contributed by atoms with van der Waals surface area (Å²) in [5, 5.41) is 14.3. The number of ether oxygens (including phenoxy) is 2. The fraction of sp³-hybridized carbons (Fsp3) is 0.519. The Morgan fingerprint density at radius 2 is 1.89 bits per heavy atom. The normalized spacial score (nSPS) is 20.4. The lowest BCUT2D eigenvalue weighted by atomic mass is 10.0. The molecule has 1 saturated carbocycles. The summed E-state index contributed by atoms with van der Waals surface area (Å²) < 4.78 is 39.1. The smallest absolute Gasteiger partial charge is 0.243 e. The first-order chi connectivity index (χ1) is 17.8. The van der Waals surface area contributed by atoms with Crippen molar-refractivity contribution in [3.8, 4) is 5.75 Å². The zero-order valence-electron chi connectivity index (χ0n) is 21.5. The number of hydrogen-bond donors (Lipinski definition) is 2. The van der Waals surface area contributed by atoms with Crippen LogP contribution in [0, 0.1) is 0 Å². The number of nitrogens with zero attached hydrogens (tertiary/aromatic N) is 2. The second-order valence-corrected chi connectivity index (χ2v) is 11.7. The summed E-state index contributed by atoms with van der Waals surface area (Å²) in [6.07, 6.45) is 0.831. The number of morpholine rings is 1. The Labute approximate surface area is 219 Å². The third-order valence-electron chi connectivity index (χ3n) is 6.79. The first kappa shape index (κ1) is 27.5. The second kappa shape index (κ2) is 12.4. The molecule has 1 aliphatic carbocycles. The number of rotatable bonds is 12. The second-order valence-electron chi connectivity index (χ2n) is 9.83. The first-order valence-electron chi connectivity index (χ1n) is 12.8. The molecule has 2 aromatic carbocycles. The van der Waals surface area contributed by atoms with Crippen LogP contribution in [0.25, 0.3) is 0 Å². The minimum absolute atomic E-state index is 0.0579. The summed E-state index contributed by atoms with van der Waals surface area (Å²) in [6.45, 7) is 3.97. The molecule has 0 aromatic heterocycles. The number of nitrogens with one attached hydrogen (secondary N) is 1. The molecule has 1 saturated heterocycles. The van der Waals surface area contributed by atoms with Gasteiger partial charge in [0.1, 0.15) is 5.75 Å². The summed E-state index contributed by atoms with van der Waals surface area (Å²) >= 11 is 0. The molecule has 0 spiro atoms. The molecule has 1 heterocycles. The zero-order chi connectivity index (χ0) is 26.4. The number of aliphatic hydroxyl groups is 1. The van der Waals surface area contributed by atoms with Gasteiger partial charge < -0.3 is 19.9 Å². The lowest BCUT2D eigenvalue weighted by Gasteiger charge is -2.32. The predicted octanol–water partition coefficient (Wildman–Crippen LogP) is 1.66. The number of carbonyl (C=O) groups excluding carboxylic acids is 1. The van der Waals surface area contributed by atoms with Gasteiger partial charge in [0, 0.05) is 25.7 Å². The van der Waals surface area contributed by atoms with Crippen LogP contribution in [0.4, 0.5) is 0 Å². The van der Waals surface area contributed by atoms with Gasteiger partial charge in [-0.1, -0.05) is 30.3 Å². The molecule has 2 aromatic rings. The predicted molar refractivity (Wildman–Crippen MR) is 140 cm³/mol. The fourth-order valence-electron chi connectivity index (χ4n) is 4.64. The van der Waals surface area contributed by atoms with Gasteiger partial charge in [0.2, 0.25) is 15.9 Å². The Morgan fingerprint density at radius 3 is 2.51 bits per heavy atom. The molecule has 202 valence electrons. The van der Waals surface area contributed by atoms with E-state index in [1.165, 1.54) is 23.5 Å². The van der Waals surface area contributed by atoms with E-state index in [0.717, 1.165) is 18.4 Å². The van der Waals surface area contributed by atoms with E-state index in [2.05, 4.69) is 5.32 Å². The van der Waals surface area contributed by atoms with Gasteiger partial charge in [0.05, 0.1) is 43.4 Å². The highest BCUT2D eigenvalue weighted by atomic mass is 32.2. The highest BCUT2D eigenvalue weighted by molar-refractivity contribution is 7.89. The largest absolute Gasteiger partial charge is 0.497 e. The Balaban J connectivity index is 1.49. The number of carbonyl (C=O) groups is 1. The average molecular weight is 532 g/mol. The molecule has 2 N–H and O–H groups in total. The number of benzene rings is 2. The quantitative estimate of drug-likeness (QED) is 0.429. The van der Waals surface area contributed by atoms with Crippen LogP contribution in [0.15, 0.2) is 59.5 Å². The standard InChI is InChI=1S/C27H37N3O6S/c1-20-17-29(14-15-36-20)19-27(32)28-25(16-21-6-4-3-5-7-21)26(31)18-30(22-8-9-22)37(33,34)24-12-10-23(35-2)11-13-24/h3-7,10-13,20,22,25-26,31H,8-9,14-19H2,1-2H3,(H,28,32)/t20-,25+,26-/m1/s1. The van der Waals surface area contributed by atoms with Crippen LogP contribution in [0.5, 0.6) is 5.75 Å². The summed E-state index contributed by atoms with van der Waals surface area (Å²) in [6, 6.07) is 15.0. The van der Waals surface area contributed by atoms with E-state index in [1.54, 1.807) is 12.1 Å². The molecule has 1 amide bonds. The SMILES string of the molecule is COc1ccc(S(=O)(=O)N(C[C@@H](O)[C@H](Cc2ccccc2)NC(=O)CN2CCO[C@H](C)C2)C2CC2)cc1. The Morgan fingerprint density at radius 1 is 1.19 bits per heavy atom. The van der Waals surface area contributed by atoms with Crippen molar-refractivity contribution in [2.75, 3.05) is 39.9 Å². The molecule has 2 aliphatic rings. The van der Waals surface area contributed by atoms with E-state index >= 15 is 0 Å². The Hall–Kier alpha value is -2.50. The molecule has 0 bridgehead atoms. The van der Waals surface area contributed by atoms with Crippen LogP contribution in [-0.4, -0.2) is 92.8 Å². The highest BCUT2D eigenvalue weighted by Gasteiger charge is 2.40. The molecule has 3 atom stereocenters. The molecule has 1 aliphatic heterocycles. The van der Waals surface area contributed by atoms with Gasteiger partial charge >= 0.3 is 0 Å². The lowest BCUT2D eigenvalue weighted by molar-refractivity contribution is -0.125. The van der Waals surface area contributed by atoms with E-state index in [1.807, 2.05) is 42.2 Å². The summed E-state index contributed by atoms with van der Waals surface area (Å²) in [5.41, 5.74) is 0.947. The Kier molecular flexibility index (Phi) is 9.20. The first-order valence-corrected chi connectivity index (χ1v) is 14.2. The minimum atomic E-state index is -3.84. The maximum atomic E-state index is 13.5. The van der Waals surface area contributed by atoms with E-state index in [-0.39, 0.29) is 36.0 Å². The van der Waals surface area contributed by atoms with Crippen molar-refractivity contribution in [1.29, 1.82) is 0 Å². The van der Waals surface area contributed by atoms with Crippen molar-refractivity contribution in [1.82, 2.24) is 14.5 Å². The van der Waals surface area contributed by atoms with Crippen molar-refractivity contribution in [3.05, 3.63) is 60.2 Å². The maximum absolute atomic E-state index is 13.5. The van der Waals surface area contributed by atoms with Crippen LogP contribution in [-0.2, 0) is 26.0 Å². The van der Waals surface area contributed by atoms with Crippen LogP contribution >= 0.6 is 0 Å². The van der Waals surface area contributed by atoms with Crippen LogP contribution in [0.1, 0.15) is 25.3 Å². The monoisotopic (exact) mass is 531 g/mol. The summed E-state index contributed by atoms with van der Waals surface area (Å²) in [7, 11) is -2.31. The van der Waals surface area contributed by atoms with Gasteiger partial charge in [-0.3, -0.25) is 9.69 Å². The number of hydrogen-bond acceptors (Lipinski definition) is 7. The fourth-order valence-corrected chi connectivity index (χ4v) is 6.34. The molecule has 0 unspecified atom stereocenters. The molecular formula is C27H37N3O6S. The van der Waals surface area contributed by atoms with Gasteiger partial charge in [0.15, 0.2) is 0 Å². The summed E-state index contributed by atoms with van der Waals surface area (Å²) in [5.74, 6) is 0.363. The van der Waals surface area contributed by atoms with Crippen molar-refractivity contribution in [3.63, 3.8) is 0 Å². The van der Waals surface area contributed by atoms with Gasteiger partial charge in [-0.05, 0) is 56.0 Å². The van der Waals surface area contributed by atoms with Crippen molar-refractivity contribution < 1.29 is 27.8 Å². The van der Waals surface area contributed by atoms with Crippen LogP contribution in [0.2, 0.25) is 0 Å². The average Bonchev–Trinajstić information content (AvgIpc) is 3.72. The molecule has 0 radical (unpaired) electrons. The maximum Gasteiger partial charge on any atom is 0.243 e. The zero-order valence-corrected chi connectivity index (χ0v) is 22.3. The topological polar surface area (TPSA) is 108 Å². The number of aliphatic hydroxyl groups excluding tert-OH is 1. The molecule has 37 heavy (non-hydrogen) atoms. The van der Waals surface area contributed by atoms with Gasteiger partial charge in [-0.25, -0.2) is 8.42 Å². The Bertz CT molecular complexity index is 1120. The number of amides is 1. The molecule has 9 nitrogen and oxygen atoms in total. The third-order valence-corrected chi connectivity index (χ3v) is 8.72. The van der Waals surface area contributed by atoms with E-state index in [0.29, 0.717) is 31.9 Å². The molecule has 4 rings (SSSR count). The minimum Gasteiger partial charge on any atom is -0.497 e. The van der Waals surface area contributed by atoms with Crippen molar-refractivity contribution in [2.45, 2.75) is 55.4 Å². The van der Waals surface area contributed by atoms with Gasteiger partial charge in [-0.2, -0.15) is 4.31 Å². The van der Waals surface area contributed by atoms with Gasteiger partial charge in [0.25, 0.3) is 0 Å². The lowest BCUT2D eigenvalue weighted by Crippen LogP contribution is -2.53. The van der Waals surface area contributed by atoms with Gasteiger partial charge in [-0.15, -0.1) is 0 Å². The number of sulfonamides is 1. The van der Waals surface area contributed by atoms with E-state index in [9.17, 15) is 18.3 Å². The molecule has 2 fully saturated rings. The van der Waals surface area contributed by atoms with Crippen molar-refractivity contribution >= 4 is 15.9 Å². The van der Waals surface area contributed by atoms with E-state index < -0.39 is 22.2 Å².